The maximum Gasteiger partial charge on any atom is 0.0932 e. The van der Waals surface area contributed by atoms with Crippen LogP contribution in [0, 0.1) is 6.92 Å². The minimum Gasteiger partial charge on any atom is -0.383 e. The normalized spacial score (nSPS) is 19.5. The summed E-state index contributed by atoms with van der Waals surface area (Å²) in [5.41, 5.74) is 4.98. The molecule has 0 aromatic heterocycles. The highest BCUT2D eigenvalue weighted by Gasteiger charge is 2.23. The lowest BCUT2D eigenvalue weighted by Crippen LogP contribution is -2.36. The van der Waals surface area contributed by atoms with Gasteiger partial charge in [0.1, 0.15) is 0 Å². The van der Waals surface area contributed by atoms with Crippen LogP contribution in [0.15, 0.2) is 59.6 Å². The van der Waals surface area contributed by atoms with Crippen molar-refractivity contribution in [3.63, 3.8) is 0 Å². The summed E-state index contributed by atoms with van der Waals surface area (Å²) in [6.45, 7) is 7.33. The number of aryl methyl sites for hydroxylation is 1. The van der Waals surface area contributed by atoms with Crippen molar-refractivity contribution in [1.29, 1.82) is 0 Å². The van der Waals surface area contributed by atoms with E-state index in [1.165, 1.54) is 29.3 Å². The number of benzene rings is 1. The number of hydrogen-bond donors (Lipinski definition) is 2. The molecule has 0 amide bonds. The lowest BCUT2D eigenvalue weighted by Gasteiger charge is -2.31. The van der Waals surface area contributed by atoms with Crippen LogP contribution in [0.1, 0.15) is 43.9 Å². The first kappa shape index (κ1) is 17.5. The van der Waals surface area contributed by atoms with Gasteiger partial charge in [-0.1, -0.05) is 42.0 Å². The molecule has 0 bridgehead atoms. The van der Waals surface area contributed by atoms with E-state index in [9.17, 15) is 4.39 Å². The fourth-order valence-corrected chi connectivity index (χ4v) is 2.84. The summed E-state index contributed by atoms with van der Waals surface area (Å²) in [5, 5.41) is 7.13. The summed E-state index contributed by atoms with van der Waals surface area (Å²) < 4.78 is 13.1. The van der Waals surface area contributed by atoms with Crippen LogP contribution in [-0.4, -0.2) is 13.1 Å². The molecule has 1 aliphatic rings. The number of nitrogens with one attached hydrogen (secondary N) is 2. The molecule has 2 N–H and O–H groups in total. The smallest absolute Gasteiger partial charge is 0.0932 e. The first-order valence-corrected chi connectivity index (χ1v) is 8.31. The highest BCUT2D eigenvalue weighted by atomic mass is 19.1. The van der Waals surface area contributed by atoms with Crippen molar-refractivity contribution in [2.24, 2.45) is 0 Å². The van der Waals surface area contributed by atoms with Crippen LogP contribution in [0.5, 0.6) is 0 Å². The minimum atomic E-state index is -0.115. The fourth-order valence-electron chi connectivity index (χ4n) is 2.84. The van der Waals surface area contributed by atoms with Crippen molar-refractivity contribution in [2.45, 2.75) is 39.7 Å². The molecule has 1 aromatic rings. The second-order valence-electron chi connectivity index (χ2n) is 6.01. The van der Waals surface area contributed by atoms with Gasteiger partial charge < -0.3 is 10.6 Å². The molecule has 0 saturated heterocycles. The predicted octanol–water partition coefficient (Wildman–Crippen LogP) is 4.71. The maximum atomic E-state index is 13.1. The van der Waals surface area contributed by atoms with Crippen LogP contribution in [0.25, 0.3) is 0 Å². The lowest BCUT2D eigenvalue weighted by molar-refractivity contribution is 0.517. The van der Waals surface area contributed by atoms with Gasteiger partial charge in [-0.3, -0.25) is 0 Å². The van der Waals surface area contributed by atoms with Gasteiger partial charge in [-0.2, -0.15) is 0 Å². The third-order valence-corrected chi connectivity index (χ3v) is 4.13. The lowest BCUT2D eigenvalue weighted by atomic mass is 9.92. The van der Waals surface area contributed by atoms with Crippen molar-refractivity contribution in [3.05, 3.63) is 70.7 Å². The van der Waals surface area contributed by atoms with Crippen molar-refractivity contribution < 1.29 is 4.39 Å². The zero-order valence-electron chi connectivity index (χ0n) is 14.3. The Morgan fingerprint density at radius 2 is 2.09 bits per heavy atom. The molecule has 0 spiro atoms. The third-order valence-electron chi connectivity index (χ3n) is 4.13. The highest BCUT2D eigenvalue weighted by molar-refractivity contribution is 5.35. The van der Waals surface area contributed by atoms with Crippen LogP contribution in [0.4, 0.5) is 4.39 Å². The predicted molar refractivity (Wildman–Crippen MR) is 95.9 cm³/mol. The number of rotatable bonds is 6. The number of hydrogen-bond acceptors (Lipinski definition) is 2. The Morgan fingerprint density at radius 1 is 1.35 bits per heavy atom. The maximum absolute atomic E-state index is 13.1. The van der Waals surface area contributed by atoms with Gasteiger partial charge in [-0.15, -0.1) is 0 Å². The van der Waals surface area contributed by atoms with E-state index in [2.05, 4.69) is 47.9 Å². The van der Waals surface area contributed by atoms with Crippen LogP contribution < -0.4 is 10.6 Å². The largest absolute Gasteiger partial charge is 0.383 e. The molecule has 1 aliphatic heterocycles. The average molecular weight is 314 g/mol. The summed E-state index contributed by atoms with van der Waals surface area (Å²) in [6, 6.07) is 8.77. The Hall–Kier alpha value is -1.87. The summed E-state index contributed by atoms with van der Waals surface area (Å²) in [5.74, 6) is -0.115. The second-order valence-corrected chi connectivity index (χ2v) is 6.01. The molecule has 0 radical (unpaired) electrons. The van der Waals surface area contributed by atoms with Crippen molar-refractivity contribution in [3.8, 4) is 0 Å². The monoisotopic (exact) mass is 314 g/mol. The molecule has 2 rings (SSSR count). The first-order chi connectivity index (χ1) is 11.1. The van der Waals surface area contributed by atoms with Crippen LogP contribution in [0.2, 0.25) is 0 Å². The molecular weight excluding hydrogens is 287 g/mol. The Kier molecular flexibility index (Phi) is 6.60. The number of halogens is 1. The molecule has 0 fully saturated rings. The number of allylic oxidation sites excluding steroid dienone is 3. The Labute approximate surface area is 139 Å². The first-order valence-electron chi connectivity index (χ1n) is 8.31. The fraction of sp³-hybridized carbons (Fsp3) is 0.400. The zero-order chi connectivity index (χ0) is 16.7. The van der Waals surface area contributed by atoms with Gasteiger partial charge >= 0.3 is 0 Å². The molecule has 124 valence electrons. The van der Waals surface area contributed by atoms with Gasteiger partial charge in [0.2, 0.25) is 0 Å². The van der Waals surface area contributed by atoms with Crippen molar-refractivity contribution >= 4 is 0 Å². The van der Waals surface area contributed by atoms with Crippen molar-refractivity contribution in [2.75, 3.05) is 13.1 Å². The molecule has 0 aliphatic carbocycles. The van der Waals surface area contributed by atoms with Gasteiger partial charge in [0, 0.05) is 12.2 Å². The van der Waals surface area contributed by atoms with Gasteiger partial charge in [-0.05, 0) is 57.4 Å². The zero-order valence-corrected chi connectivity index (χ0v) is 14.3. The molecule has 3 heteroatoms. The molecular formula is C20H27FN2. The van der Waals surface area contributed by atoms with Crippen molar-refractivity contribution in [1.82, 2.24) is 10.6 Å². The van der Waals surface area contributed by atoms with E-state index in [4.69, 9.17) is 0 Å². The van der Waals surface area contributed by atoms with Gasteiger partial charge in [0.25, 0.3) is 0 Å². The topological polar surface area (TPSA) is 24.1 Å². The Balaban J connectivity index is 2.31. The average Bonchev–Trinajstić information content (AvgIpc) is 2.54. The molecule has 1 heterocycles. The Morgan fingerprint density at radius 3 is 2.74 bits per heavy atom. The summed E-state index contributed by atoms with van der Waals surface area (Å²) in [6.07, 6.45) is 7.43. The molecule has 0 saturated carbocycles. The molecule has 1 unspecified atom stereocenters. The molecule has 23 heavy (non-hydrogen) atoms. The van der Waals surface area contributed by atoms with Gasteiger partial charge in [-0.25, -0.2) is 4.39 Å². The van der Waals surface area contributed by atoms with E-state index >= 15 is 0 Å². The highest BCUT2D eigenvalue weighted by Crippen LogP contribution is 2.29. The van der Waals surface area contributed by atoms with Crippen LogP contribution in [0.3, 0.4) is 0 Å². The van der Waals surface area contributed by atoms with E-state index in [0.29, 0.717) is 6.42 Å². The van der Waals surface area contributed by atoms with Gasteiger partial charge in [0.15, 0.2) is 0 Å². The van der Waals surface area contributed by atoms with Crippen LogP contribution >= 0.6 is 0 Å². The van der Waals surface area contributed by atoms with E-state index in [-0.39, 0.29) is 11.9 Å². The second kappa shape index (κ2) is 8.68. The van der Waals surface area contributed by atoms with E-state index < -0.39 is 0 Å². The Bertz CT molecular complexity index is 593. The summed E-state index contributed by atoms with van der Waals surface area (Å²) >= 11 is 0. The minimum absolute atomic E-state index is 0.115. The SMILES string of the molecule is C/C=C\CNC1=C(C/C=C(\C)F)CCNC1c1ccc(C)cc1. The van der Waals surface area contributed by atoms with E-state index in [0.717, 1.165) is 19.5 Å². The summed E-state index contributed by atoms with van der Waals surface area (Å²) in [4.78, 5) is 0. The molecule has 1 aromatic carbocycles. The third kappa shape index (κ3) is 5.07. The summed E-state index contributed by atoms with van der Waals surface area (Å²) in [7, 11) is 0. The molecule has 2 nitrogen and oxygen atoms in total. The molecule has 1 atom stereocenters. The standard InChI is InChI=1S/C20H27FN2/c1-4-5-13-22-20-18(11-8-16(3)21)12-14-23-19(20)17-9-6-15(2)7-10-17/h4-10,19,22-23H,11-14H2,1-3H3/b5-4-,16-8+. The van der Waals surface area contributed by atoms with E-state index in [1.807, 2.05) is 13.0 Å². The van der Waals surface area contributed by atoms with Gasteiger partial charge in [0.05, 0.1) is 11.9 Å². The van der Waals surface area contributed by atoms with Crippen LogP contribution in [-0.2, 0) is 0 Å². The quantitative estimate of drug-likeness (QED) is 0.743. The van der Waals surface area contributed by atoms with E-state index in [1.54, 1.807) is 6.08 Å².